The molecule has 0 N–H and O–H groups in total. The van der Waals surface area contributed by atoms with Gasteiger partial charge in [0, 0.05) is 43.8 Å². The summed E-state index contributed by atoms with van der Waals surface area (Å²) in [6.45, 7) is 6.89. The molecule has 4 rings (SSSR count). The van der Waals surface area contributed by atoms with E-state index in [2.05, 4.69) is 16.7 Å². The van der Waals surface area contributed by atoms with E-state index in [1.165, 1.54) is 4.31 Å². The predicted octanol–water partition coefficient (Wildman–Crippen LogP) is 1.80. The van der Waals surface area contributed by atoms with Gasteiger partial charge in [0.25, 0.3) is 5.91 Å². The molecule has 0 aromatic heterocycles. The Morgan fingerprint density at radius 1 is 1.00 bits per heavy atom. The van der Waals surface area contributed by atoms with Crippen LogP contribution in [-0.4, -0.2) is 86.5 Å². The average Bonchev–Trinajstić information content (AvgIpc) is 3.60. The van der Waals surface area contributed by atoms with Gasteiger partial charge in [-0.1, -0.05) is 6.92 Å². The summed E-state index contributed by atoms with van der Waals surface area (Å²) in [7, 11) is -3.54. The molecule has 29 heavy (non-hydrogen) atoms. The Hall–Kier alpha value is -1.48. The number of piperidine rings is 1. The molecule has 1 aromatic rings. The first-order valence-electron chi connectivity index (χ1n) is 10.7. The minimum atomic E-state index is -3.54. The van der Waals surface area contributed by atoms with Crippen molar-refractivity contribution in [3.8, 4) is 0 Å². The molecule has 1 aromatic carbocycles. The number of likely N-dealkylation sites (tertiary alicyclic amines) is 1. The quantitative estimate of drug-likeness (QED) is 0.701. The predicted molar refractivity (Wildman–Crippen MR) is 110 cm³/mol. The zero-order chi connectivity index (χ0) is 20.4. The Morgan fingerprint density at radius 3 is 2.14 bits per heavy atom. The number of benzene rings is 1. The summed E-state index contributed by atoms with van der Waals surface area (Å²) < 4.78 is 32.3. The molecule has 2 saturated heterocycles. The summed E-state index contributed by atoms with van der Waals surface area (Å²) in [5.74, 6) is 0.0396. The molecule has 3 fully saturated rings. The van der Waals surface area contributed by atoms with Crippen molar-refractivity contribution in [3.05, 3.63) is 29.8 Å². The average molecular weight is 422 g/mol. The number of amides is 1. The van der Waals surface area contributed by atoms with Gasteiger partial charge in [0.05, 0.1) is 18.1 Å². The molecule has 0 radical (unpaired) electrons. The monoisotopic (exact) mass is 421 g/mol. The Balaban J connectivity index is 1.48. The van der Waals surface area contributed by atoms with Crippen LogP contribution in [-0.2, 0) is 14.8 Å². The van der Waals surface area contributed by atoms with Crippen LogP contribution in [0.1, 0.15) is 43.0 Å². The van der Waals surface area contributed by atoms with Crippen molar-refractivity contribution in [2.75, 3.05) is 45.9 Å². The maximum atomic E-state index is 13.3. The van der Waals surface area contributed by atoms with Crippen molar-refractivity contribution in [2.24, 2.45) is 0 Å². The molecule has 7 nitrogen and oxygen atoms in total. The molecule has 1 aliphatic carbocycles. The van der Waals surface area contributed by atoms with E-state index in [-0.39, 0.29) is 16.8 Å². The molecule has 1 amide bonds. The summed E-state index contributed by atoms with van der Waals surface area (Å²) in [5.41, 5.74) is 0.579. The molecular formula is C21H31N3O4S. The first-order chi connectivity index (χ1) is 14.0. The molecule has 0 bridgehead atoms. The number of rotatable bonds is 6. The van der Waals surface area contributed by atoms with E-state index in [1.807, 2.05) is 0 Å². The summed E-state index contributed by atoms with van der Waals surface area (Å²) in [6.07, 6.45) is 4.17. The van der Waals surface area contributed by atoms with E-state index in [0.29, 0.717) is 37.9 Å². The molecule has 2 aliphatic heterocycles. The summed E-state index contributed by atoms with van der Waals surface area (Å²) in [4.78, 5) is 18.0. The molecular weight excluding hydrogens is 390 g/mol. The maximum absolute atomic E-state index is 13.3. The number of ether oxygens (including phenoxy) is 1. The standard InChI is InChI=1S/C21H31N3O4S/c1-2-22-11-9-19(10-12-22)24(18-5-6-18)21(25)17-3-7-20(8-4-17)29(26,27)23-13-15-28-16-14-23/h3-4,7-8,18-19H,2,5-6,9-16H2,1H3. The molecule has 8 heteroatoms. The van der Waals surface area contributed by atoms with E-state index >= 15 is 0 Å². The van der Waals surface area contributed by atoms with Crippen molar-refractivity contribution >= 4 is 15.9 Å². The third-order valence-electron chi connectivity index (χ3n) is 6.28. The zero-order valence-electron chi connectivity index (χ0n) is 17.1. The van der Waals surface area contributed by atoms with Crippen molar-refractivity contribution in [3.63, 3.8) is 0 Å². The fourth-order valence-electron chi connectivity index (χ4n) is 4.35. The van der Waals surface area contributed by atoms with Crippen LogP contribution in [0.2, 0.25) is 0 Å². The number of nitrogens with zero attached hydrogens (tertiary/aromatic N) is 3. The lowest BCUT2D eigenvalue weighted by molar-refractivity contribution is 0.0554. The Labute approximate surface area is 173 Å². The lowest BCUT2D eigenvalue weighted by atomic mass is 10.0. The Bertz CT molecular complexity index is 809. The van der Waals surface area contributed by atoms with Gasteiger partial charge in [0.1, 0.15) is 0 Å². The van der Waals surface area contributed by atoms with Gasteiger partial charge < -0.3 is 14.5 Å². The molecule has 1 saturated carbocycles. The number of sulfonamides is 1. The first kappa shape index (κ1) is 20.8. The third-order valence-corrected chi connectivity index (χ3v) is 8.19. The highest BCUT2D eigenvalue weighted by atomic mass is 32.2. The lowest BCUT2D eigenvalue weighted by Gasteiger charge is -2.38. The fraction of sp³-hybridized carbons (Fsp3) is 0.667. The van der Waals surface area contributed by atoms with Crippen LogP contribution in [0.25, 0.3) is 0 Å². The normalized spacial score (nSPS) is 22.5. The molecule has 160 valence electrons. The maximum Gasteiger partial charge on any atom is 0.254 e. The van der Waals surface area contributed by atoms with Crippen LogP contribution in [0, 0.1) is 0 Å². The van der Waals surface area contributed by atoms with Gasteiger partial charge in [-0.15, -0.1) is 0 Å². The van der Waals surface area contributed by atoms with E-state index in [4.69, 9.17) is 4.74 Å². The van der Waals surface area contributed by atoms with Crippen molar-refractivity contribution < 1.29 is 17.9 Å². The van der Waals surface area contributed by atoms with Gasteiger partial charge in [-0.25, -0.2) is 8.42 Å². The van der Waals surface area contributed by atoms with Crippen molar-refractivity contribution in [2.45, 2.75) is 49.6 Å². The molecule has 3 aliphatic rings. The summed E-state index contributed by atoms with van der Waals surface area (Å²) in [5, 5.41) is 0. The number of carbonyl (C=O) groups is 1. The number of carbonyl (C=O) groups excluding carboxylic acids is 1. The van der Waals surface area contributed by atoms with Crippen LogP contribution in [0.3, 0.4) is 0 Å². The Kier molecular flexibility index (Phi) is 6.24. The molecule has 0 spiro atoms. The molecule has 0 unspecified atom stereocenters. The van der Waals surface area contributed by atoms with E-state index < -0.39 is 10.0 Å². The van der Waals surface area contributed by atoms with E-state index in [1.54, 1.807) is 24.3 Å². The largest absolute Gasteiger partial charge is 0.379 e. The summed E-state index contributed by atoms with van der Waals surface area (Å²) >= 11 is 0. The lowest BCUT2D eigenvalue weighted by Crippen LogP contribution is -2.48. The second-order valence-electron chi connectivity index (χ2n) is 8.15. The second-order valence-corrected chi connectivity index (χ2v) is 10.1. The molecule has 2 heterocycles. The van der Waals surface area contributed by atoms with Gasteiger partial charge in [-0.05, 0) is 56.5 Å². The van der Waals surface area contributed by atoms with Gasteiger partial charge in [0.2, 0.25) is 10.0 Å². The van der Waals surface area contributed by atoms with Crippen molar-refractivity contribution in [1.82, 2.24) is 14.1 Å². The van der Waals surface area contributed by atoms with Crippen LogP contribution < -0.4 is 0 Å². The summed E-state index contributed by atoms with van der Waals surface area (Å²) in [6, 6.07) is 7.12. The van der Waals surface area contributed by atoms with Gasteiger partial charge in [0.15, 0.2) is 0 Å². The number of morpholine rings is 1. The fourth-order valence-corrected chi connectivity index (χ4v) is 5.76. The van der Waals surface area contributed by atoms with Crippen molar-refractivity contribution in [1.29, 1.82) is 0 Å². The second kappa shape index (κ2) is 8.71. The minimum absolute atomic E-state index is 0.0396. The van der Waals surface area contributed by atoms with Crippen LogP contribution in [0.15, 0.2) is 29.2 Å². The molecule has 0 atom stereocenters. The van der Waals surface area contributed by atoms with Gasteiger partial charge in [-0.3, -0.25) is 4.79 Å². The van der Waals surface area contributed by atoms with Crippen LogP contribution in [0.5, 0.6) is 0 Å². The number of hydrogen-bond acceptors (Lipinski definition) is 5. The zero-order valence-corrected chi connectivity index (χ0v) is 17.9. The Morgan fingerprint density at radius 2 is 1.59 bits per heavy atom. The third kappa shape index (κ3) is 4.50. The van der Waals surface area contributed by atoms with Gasteiger partial charge >= 0.3 is 0 Å². The highest BCUT2D eigenvalue weighted by Crippen LogP contribution is 2.33. The SMILES string of the molecule is CCN1CCC(N(C(=O)c2ccc(S(=O)(=O)N3CCOCC3)cc2)C2CC2)CC1. The topological polar surface area (TPSA) is 70.2 Å². The van der Waals surface area contributed by atoms with E-state index in [9.17, 15) is 13.2 Å². The smallest absolute Gasteiger partial charge is 0.254 e. The van der Waals surface area contributed by atoms with Crippen LogP contribution >= 0.6 is 0 Å². The minimum Gasteiger partial charge on any atom is -0.379 e. The van der Waals surface area contributed by atoms with E-state index in [0.717, 1.165) is 45.3 Å². The highest BCUT2D eigenvalue weighted by Gasteiger charge is 2.39. The van der Waals surface area contributed by atoms with Crippen LogP contribution in [0.4, 0.5) is 0 Å². The first-order valence-corrected chi connectivity index (χ1v) is 12.2. The number of hydrogen-bond donors (Lipinski definition) is 0. The van der Waals surface area contributed by atoms with Gasteiger partial charge in [-0.2, -0.15) is 4.31 Å². The highest BCUT2D eigenvalue weighted by molar-refractivity contribution is 7.89.